The summed E-state index contributed by atoms with van der Waals surface area (Å²) in [5, 5.41) is 0. The Kier molecular flexibility index (Phi) is 2.57. The van der Waals surface area contributed by atoms with Crippen LogP contribution in [0.2, 0.25) is 0 Å². The van der Waals surface area contributed by atoms with Crippen LogP contribution in [-0.2, 0) is 7.90 Å². The van der Waals surface area contributed by atoms with Crippen LogP contribution in [0.25, 0.3) is 0 Å². The summed E-state index contributed by atoms with van der Waals surface area (Å²) in [5.41, 5.74) is 0. The van der Waals surface area contributed by atoms with Crippen molar-refractivity contribution in [3.63, 3.8) is 0 Å². The van der Waals surface area contributed by atoms with E-state index in [1.54, 1.807) is 0 Å². The van der Waals surface area contributed by atoms with Gasteiger partial charge in [0.2, 0.25) is 0 Å². The van der Waals surface area contributed by atoms with Gasteiger partial charge in [-0.25, -0.2) is 0 Å². The zero-order chi connectivity index (χ0) is 6.78. The first-order valence-corrected chi connectivity index (χ1v) is 2.45. The molecule has 48 valence electrons. The van der Waals surface area contributed by atoms with E-state index in [2.05, 4.69) is 3.10 Å². The Morgan fingerprint density at radius 3 is 1.88 bits per heavy atom. The second-order valence-electron chi connectivity index (χ2n) is 0.877. The first-order chi connectivity index (χ1) is 3.48. The summed E-state index contributed by atoms with van der Waals surface area (Å²) in [6.45, 7) is 0. The number of alkyl halides is 3. The fraction of sp³-hybridized carbons (Fsp3) is 0.500. The molecule has 6 heteroatoms. The van der Waals surface area contributed by atoms with Crippen LogP contribution in [0.4, 0.5) is 13.2 Å². The second kappa shape index (κ2) is 2.55. The van der Waals surface area contributed by atoms with E-state index in [1.165, 1.54) is 0 Å². The molecule has 0 amide bonds. The van der Waals surface area contributed by atoms with Crippen molar-refractivity contribution in [2.75, 3.05) is 0 Å². The zero-order valence-corrected chi connectivity index (χ0v) is 5.95. The molecule has 0 aromatic heterocycles. The summed E-state index contributed by atoms with van der Waals surface area (Å²) in [7, 11) is 0. The molecule has 8 heavy (non-hydrogen) atoms. The monoisotopic (exact) mass is 244 g/mol. The van der Waals surface area contributed by atoms with Crippen molar-refractivity contribution in [2.45, 2.75) is 6.18 Å². The predicted molar refractivity (Wildman–Crippen MR) is 19.3 cm³/mol. The molecule has 0 heterocycles. The Labute approximate surface area is 56.4 Å². The molecule has 0 aromatic rings. The van der Waals surface area contributed by atoms with Crippen LogP contribution in [0.3, 0.4) is 0 Å². The van der Waals surface area contributed by atoms with Crippen LogP contribution < -0.4 is 0 Å². The average Bonchev–Trinajstić information content (AvgIpc) is 1.62. The molecule has 0 radical (unpaired) electrons. The molecule has 0 fully saturated rings. The van der Waals surface area contributed by atoms with E-state index in [1.807, 2.05) is 0 Å². The predicted octanol–water partition coefficient (Wildman–Crippen LogP) is -0.0923. The summed E-state index contributed by atoms with van der Waals surface area (Å²) >= 11 is 0.355. The molecule has 0 saturated heterocycles. The molecule has 0 atom stereocenters. The van der Waals surface area contributed by atoms with Gasteiger partial charge >= 0.3 is 55.9 Å². The first-order valence-electron chi connectivity index (χ1n) is 1.41. The molecule has 0 unspecified atom stereocenters. The van der Waals surface area contributed by atoms with Gasteiger partial charge in [0.05, 0.1) is 0 Å². The third-order valence-corrected chi connectivity index (χ3v) is 0.788. The van der Waals surface area contributed by atoms with E-state index in [0.717, 1.165) is 0 Å². The normalized spacial score (nSPS) is 11.0. The van der Waals surface area contributed by atoms with E-state index in [9.17, 15) is 18.0 Å². The summed E-state index contributed by atoms with van der Waals surface area (Å²) < 4.78 is 36.3. The third kappa shape index (κ3) is 2.38. The maximum atomic E-state index is 11.0. The Bertz CT molecular complexity index is 97.9. The quantitative estimate of drug-likeness (QED) is 0.554. The van der Waals surface area contributed by atoms with Crippen LogP contribution in [0.15, 0.2) is 0 Å². The van der Waals surface area contributed by atoms with Gasteiger partial charge in [-0.15, -0.1) is 0 Å². The SMILES string of the molecule is O=C(O[TeH])C(F)(F)F. The number of hydrogen-bond acceptors (Lipinski definition) is 2. The fourth-order valence-electron chi connectivity index (χ4n) is 0.0518. The van der Waals surface area contributed by atoms with Crippen LogP contribution in [0, 0.1) is 0 Å². The van der Waals surface area contributed by atoms with Crippen molar-refractivity contribution in [3.05, 3.63) is 0 Å². The molecule has 0 aromatic carbocycles. The molecular formula is C2HF3O2Te. The molecular weight excluding hydrogens is 241 g/mol. The maximum absolute atomic E-state index is 11.0. The van der Waals surface area contributed by atoms with Gasteiger partial charge in [-0.2, -0.15) is 0 Å². The number of rotatable bonds is 0. The Morgan fingerprint density at radius 2 is 1.88 bits per heavy atom. The molecule has 0 aliphatic carbocycles. The van der Waals surface area contributed by atoms with Crippen molar-refractivity contribution < 1.29 is 21.1 Å². The molecule has 0 aliphatic heterocycles. The van der Waals surface area contributed by atoms with Crippen molar-refractivity contribution >= 4 is 28.7 Å². The molecule has 0 N–H and O–H groups in total. The van der Waals surface area contributed by atoms with E-state index >= 15 is 0 Å². The molecule has 0 saturated carbocycles. The van der Waals surface area contributed by atoms with Crippen LogP contribution >= 0.6 is 0 Å². The van der Waals surface area contributed by atoms with E-state index in [-0.39, 0.29) is 0 Å². The zero-order valence-electron chi connectivity index (χ0n) is 3.40. The second-order valence-corrected chi connectivity index (χ2v) is 1.40. The van der Waals surface area contributed by atoms with Crippen LogP contribution in [0.1, 0.15) is 0 Å². The Balaban J connectivity index is 3.82. The van der Waals surface area contributed by atoms with Gasteiger partial charge in [0.1, 0.15) is 0 Å². The standard InChI is InChI=1S/C2HF3O2Te/c3-2(4,5)1(6)7-8/h8H. The van der Waals surface area contributed by atoms with Crippen LogP contribution in [0.5, 0.6) is 0 Å². The van der Waals surface area contributed by atoms with E-state index in [0.29, 0.717) is 22.7 Å². The molecule has 0 bridgehead atoms. The fourth-order valence-corrected chi connectivity index (χ4v) is 0.347. The molecule has 2 nitrogen and oxygen atoms in total. The van der Waals surface area contributed by atoms with E-state index < -0.39 is 12.1 Å². The van der Waals surface area contributed by atoms with Gasteiger partial charge in [-0.05, 0) is 0 Å². The van der Waals surface area contributed by atoms with E-state index in [4.69, 9.17) is 0 Å². The van der Waals surface area contributed by atoms with Crippen molar-refractivity contribution in [3.8, 4) is 0 Å². The summed E-state index contributed by atoms with van der Waals surface area (Å²) in [6, 6.07) is 0. The van der Waals surface area contributed by atoms with Gasteiger partial charge < -0.3 is 0 Å². The number of hydrogen-bond donors (Lipinski definition) is 0. The van der Waals surface area contributed by atoms with Crippen LogP contribution in [-0.4, -0.2) is 34.9 Å². The van der Waals surface area contributed by atoms with Crippen molar-refractivity contribution in [1.29, 1.82) is 0 Å². The average molecular weight is 242 g/mol. The summed E-state index contributed by atoms with van der Waals surface area (Å²) in [4.78, 5) is 9.50. The third-order valence-electron chi connectivity index (χ3n) is 0.314. The Morgan fingerprint density at radius 1 is 1.50 bits per heavy atom. The van der Waals surface area contributed by atoms with Gasteiger partial charge in [0.15, 0.2) is 0 Å². The molecule has 0 spiro atoms. The van der Waals surface area contributed by atoms with Gasteiger partial charge in [0.25, 0.3) is 0 Å². The molecule has 0 rings (SSSR count). The van der Waals surface area contributed by atoms with Crippen molar-refractivity contribution in [2.24, 2.45) is 0 Å². The number of halogens is 3. The number of carbonyl (C=O) groups excluding carboxylic acids is 1. The Hall–Kier alpha value is 0.0496. The minimum atomic E-state index is -4.84. The number of carbonyl (C=O) groups is 1. The molecule has 0 aliphatic rings. The topological polar surface area (TPSA) is 26.3 Å². The van der Waals surface area contributed by atoms with Gasteiger partial charge in [-0.1, -0.05) is 0 Å². The minimum absolute atomic E-state index is 0.355. The summed E-state index contributed by atoms with van der Waals surface area (Å²) in [6.07, 6.45) is -4.84. The first kappa shape index (κ1) is 8.05. The van der Waals surface area contributed by atoms with Gasteiger partial charge in [-0.3, -0.25) is 0 Å². The van der Waals surface area contributed by atoms with Gasteiger partial charge in [0, 0.05) is 0 Å². The van der Waals surface area contributed by atoms with Crippen molar-refractivity contribution in [1.82, 2.24) is 0 Å². The summed E-state index contributed by atoms with van der Waals surface area (Å²) in [5.74, 6) is -2.15.